The molecule has 2 aromatic rings. The Morgan fingerprint density at radius 3 is 2.62 bits per heavy atom. The van der Waals surface area contributed by atoms with Crippen molar-refractivity contribution in [1.29, 1.82) is 0 Å². The maximum absolute atomic E-state index is 10.9. The van der Waals surface area contributed by atoms with Gasteiger partial charge in [0, 0.05) is 31.7 Å². The Kier molecular flexibility index (Phi) is 5.73. The van der Waals surface area contributed by atoms with E-state index < -0.39 is 4.92 Å². The summed E-state index contributed by atoms with van der Waals surface area (Å²) in [6, 6.07) is 13.6. The quantitative estimate of drug-likeness (QED) is 0.627. The summed E-state index contributed by atoms with van der Waals surface area (Å²) in [5, 5.41) is 14.4. The fraction of sp³-hybridized carbons (Fsp3) is 0.400. The normalized spacial score (nSPS) is 15.6. The highest BCUT2D eigenvalue weighted by atomic mass is 16.6. The van der Waals surface area contributed by atoms with Crippen molar-refractivity contribution in [3.05, 3.63) is 63.7 Å². The number of aryl methyl sites for hydroxylation is 1. The van der Waals surface area contributed by atoms with Gasteiger partial charge in [-0.3, -0.25) is 15.0 Å². The van der Waals surface area contributed by atoms with E-state index in [9.17, 15) is 10.1 Å². The Labute approximate surface area is 153 Å². The van der Waals surface area contributed by atoms with Gasteiger partial charge < -0.3 is 10.1 Å². The van der Waals surface area contributed by atoms with Crippen molar-refractivity contribution in [3.63, 3.8) is 0 Å². The van der Waals surface area contributed by atoms with Crippen molar-refractivity contribution in [2.45, 2.75) is 32.4 Å². The number of methoxy groups -OCH3 is 1. The molecule has 1 heterocycles. The van der Waals surface area contributed by atoms with Crippen LogP contribution < -0.4 is 10.1 Å². The van der Waals surface area contributed by atoms with Crippen LogP contribution in [-0.2, 0) is 6.54 Å². The van der Waals surface area contributed by atoms with E-state index >= 15 is 0 Å². The van der Waals surface area contributed by atoms with Crippen LogP contribution in [0, 0.1) is 17.0 Å². The van der Waals surface area contributed by atoms with E-state index in [0.29, 0.717) is 11.8 Å². The third-order valence-corrected chi connectivity index (χ3v) is 5.00. The second-order valence-corrected chi connectivity index (χ2v) is 6.76. The number of nitro benzene ring substituents is 1. The third-order valence-electron chi connectivity index (χ3n) is 5.00. The summed E-state index contributed by atoms with van der Waals surface area (Å²) in [4.78, 5) is 13.0. The minimum atomic E-state index is -0.406. The van der Waals surface area contributed by atoms with E-state index in [1.165, 1.54) is 30.4 Å². The average molecular weight is 355 g/mol. The van der Waals surface area contributed by atoms with Gasteiger partial charge in [0.1, 0.15) is 5.75 Å². The fourth-order valence-electron chi connectivity index (χ4n) is 3.40. The van der Waals surface area contributed by atoms with Crippen LogP contribution in [0.2, 0.25) is 0 Å². The first-order chi connectivity index (χ1) is 12.6. The lowest BCUT2D eigenvalue weighted by Crippen LogP contribution is -2.38. The molecule has 26 heavy (non-hydrogen) atoms. The lowest BCUT2D eigenvalue weighted by Gasteiger charge is -2.33. The summed E-state index contributed by atoms with van der Waals surface area (Å²) in [5.41, 5.74) is 3.58. The number of nitrogens with zero attached hydrogens (tertiary/aromatic N) is 2. The molecule has 6 heteroatoms. The predicted octanol–water partition coefficient (Wildman–Crippen LogP) is 3.99. The summed E-state index contributed by atoms with van der Waals surface area (Å²) in [6.07, 6.45) is 2.07. The monoisotopic (exact) mass is 355 g/mol. The van der Waals surface area contributed by atoms with Gasteiger partial charge in [0.25, 0.3) is 5.69 Å². The number of benzene rings is 2. The summed E-state index contributed by atoms with van der Waals surface area (Å²) < 4.78 is 5.31. The zero-order chi connectivity index (χ0) is 18.5. The maximum atomic E-state index is 10.9. The molecule has 6 nitrogen and oxygen atoms in total. The molecule has 3 rings (SSSR count). The zero-order valence-corrected chi connectivity index (χ0v) is 15.3. The number of rotatable bonds is 6. The highest BCUT2D eigenvalue weighted by Crippen LogP contribution is 2.30. The van der Waals surface area contributed by atoms with Gasteiger partial charge in [0.15, 0.2) is 0 Å². The fourth-order valence-corrected chi connectivity index (χ4v) is 3.40. The van der Waals surface area contributed by atoms with Crippen molar-refractivity contribution < 1.29 is 9.66 Å². The van der Waals surface area contributed by atoms with E-state index in [4.69, 9.17) is 4.74 Å². The Morgan fingerprint density at radius 1 is 1.23 bits per heavy atom. The van der Waals surface area contributed by atoms with E-state index in [2.05, 4.69) is 41.4 Å². The lowest BCUT2D eigenvalue weighted by molar-refractivity contribution is -0.384. The molecule has 1 fully saturated rings. The molecular formula is C20H25N3O3. The van der Waals surface area contributed by atoms with E-state index in [-0.39, 0.29) is 5.69 Å². The third kappa shape index (κ3) is 4.32. The number of likely N-dealkylation sites (tertiary alicyclic amines) is 1. The van der Waals surface area contributed by atoms with Gasteiger partial charge in [-0.1, -0.05) is 24.3 Å². The number of piperidine rings is 1. The predicted molar refractivity (Wildman–Crippen MR) is 103 cm³/mol. The van der Waals surface area contributed by atoms with Crippen molar-refractivity contribution in [2.75, 3.05) is 25.5 Å². The van der Waals surface area contributed by atoms with Gasteiger partial charge in [0.05, 0.1) is 23.8 Å². The molecule has 1 N–H and O–H groups in total. The topological polar surface area (TPSA) is 67.6 Å². The molecule has 1 aliphatic rings. The average Bonchev–Trinajstić information content (AvgIpc) is 2.65. The minimum absolute atomic E-state index is 0.0421. The number of non-ortho nitro benzene ring substituents is 1. The molecule has 2 aromatic carbocycles. The van der Waals surface area contributed by atoms with Crippen LogP contribution >= 0.6 is 0 Å². The van der Waals surface area contributed by atoms with Crippen LogP contribution in [0.15, 0.2) is 42.5 Å². The molecule has 0 aliphatic carbocycles. The van der Waals surface area contributed by atoms with Crippen molar-refractivity contribution in [2.24, 2.45) is 0 Å². The number of nitro groups is 1. The highest BCUT2D eigenvalue weighted by Gasteiger charge is 2.21. The first-order valence-electron chi connectivity index (χ1n) is 8.92. The molecule has 1 saturated heterocycles. The van der Waals surface area contributed by atoms with Crippen LogP contribution in [0.4, 0.5) is 11.4 Å². The molecule has 0 unspecified atom stereocenters. The molecule has 1 aliphatic heterocycles. The molecule has 0 amide bonds. The second-order valence-electron chi connectivity index (χ2n) is 6.76. The first kappa shape index (κ1) is 18.2. The highest BCUT2D eigenvalue weighted by molar-refractivity contribution is 5.61. The zero-order valence-electron chi connectivity index (χ0n) is 15.3. The Morgan fingerprint density at radius 2 is 1.96 bits per heavy atom. The van der Waals surface area contributed by atoms with Crippen LogP contribution in [0.25, 0.3) is 0 Å². The molecule has 0 aromatic heterocycles. The minimum Gasteiger partial charge on any atom is -0.494 e. The van der Waals surface area contributed by atoms with E-state index in [1.807, 2.05) is 0 Å². The standard InChI is InChI=1S/C20H25N3O3/c1-15-5-3-4-6-16(15)14-22-11-9-17(10-12-22)21-19-8-7-18(23(24)25)13-20(19)26-2/h3-8,13,17,21H,9-12,14H2,1-2H3. The van der Waals surface area contributed by atoms with Gasteiger partial charge in [-0.25, -0.2) is 0 Å². The number of hydrogen-bond acceptors (Lipinski definition) is 5. The van der Waals surface area contributed by atoms with Crippen LogP contribution in [0.5, 0.6) is 5.75 Å². The van der Waals surface area contributed by atoms with E-state index in [1.54, 1.807) is 6.07 Å². The van der Waals surface area contributed by atoms with Gasteiger partial charge >= 0.3 is 0 Å². The van der Waals surface area contributed by atoms with Gasteiger partial charge in [0.2, 0.25) is 0 Å². The van der Waals surface area contributed by atoms with Crippen LogP contribution in [0.1, 0.15) is 24.0 Å². The first-order valence-corrected chi connectivity index (χ1v) is 8.92. The van der Waals surface area contributed by atoms with Crippen LogP contribution in [-0.4, -0.2) is 36.1 Å². The molecule has 0 spiro atoms. The maximum Gasteiger partial charge on any atom is 0.273 e. The SMILES string of the molecule is COc1cc([N+](=O)[O-])ccc1NC1CCN(Cc2ccccc2C)CC1. The van der Waals surface area contributed by atoms with Gasteiger partial charge in [-0.05, 0) is 37.0 Å². The summed E-state index contributed by atoms with van der Waals surface area (Å²) in [5.74, 6) is 0.515. The number of hydrogen-bond donors (Lipinski definition) is 1. The summed E-state index contributed by atoms with van der Waals surface area (Å²) >= 11 is 0. The summed E-state index contributed by atoms with van der Waals surface area (Å²) in [7, 11) is 1.54. The Balaban J connectivity index is 1.57. The summed E-state index contributed by atoms with van der Waals surface area (Å²) in [6.45, 7) is 5.20. The number of nitrogens with one attached hydrogen (secondary N) is 1. The lowest BCUT2D eigenvalue weighted by atomic mass is 10.0. The molecule has 138 valence electrons. The molecule has 0 saturated carbocycles. The van der Waals surface area contributed by atoms with Gasteiger partial charge in [-0.15, -0.1) is 0 Å². The second kappa shape index (κ2) is 8.19. The number of ether oxygens (including phenoxy) is 1. The van der Waals surface area contributed by atoms with E-state index in [0.717, 1.165) is 38.2 Å². The van der Waals surface area contributed by atoms with Crippen LogP contribution in [0.3, 0.4) is 0 Å². The molecule has 0 atom stereocenters. The molecule has 0 radical (unpaired) electrons. The van der Waals surface area contributed by atoms with Crippen molar-refractivity contribution >= 4 is 11.4 Å². The molecule has 0 bridgehead atoms. The smallest absolute Gasteiger partial charge is 0.273 e. The number of anilines is 1. The van der Waals surface area contributed by atoms with Crippen molar-refractivity contribution in [3.8, 4) is 5.75 Å². The van der Waals surface area contributed by atoms with Crippen molar-refractivity contribution in [1.82, 2.24) is 4.90 Å². The Hall–Kier alpha value is -2.60. The largest absolute Gasteiger partial charge is 0.494 e. The molecular weight excluding hydrogens is 330 g/mol. The van der Waals surface area contributed by atoms with Gasteiger partial charge in [-0.2, -0.15) is 0 Å². The Bertz CT molecular complexity index is 771.